The second-order valence-electron chi connectivity index (χ2n) is 6.63. The van der Waals surface area contributed by atoms with E-state index in [4.69, 9.17) is 9.47 Å². The standard InChI is InChI=1S/C17H24N4O2.HI/c1-18-17(20-8-11-5-6-19-16(7-11)22-2)21-9-12-13(10-21)15-4-3-14(12)23-15;/h5-7,12-15H,3-4,8-10H2,1-2H3,(H,18,20);1H. The Kier molecular flexibility index (Phi) is 5.49. The summed E-state index contributed by atoms with van der Waals surface area (Å²) in [4.78, 5) is 11.0. The molecule has 4 unspecified atom stereocenters. The predicted octanol–water partition coefficient (Wildman–Crippen LogP) is 1.89. The number of aliphatic imine (C=N–C) groups is 1. The summed E-state index contributed by atoms with van der Waals surface area (Å²) in [5, 5.41) is 3.47. The molecule has 1 N–H and O–H groups in total. The van der Waals surface area contributed by atoms with E-state index < -0.39 is 0 Å². The van der Waals surface area contributed by atoms with Crippen molar-refractivity contribution in [1.29, 1.82) is 0 Å². The third-order valence-corrected chi connectivity index (χ3v) is 5.42. The molecular formula is C17H25IN4O2. The van der Waals surface area contributed by atoms with Gasteiger partial charge in [0.05, 0.1) is 19.3 Å². The van der Waals surface area contributed by atoms with Crippen molar-refractivity contribution < 1.29 is 9.47 Å². The zero-order valence-electron chi connectivity index (χ0n) is 14.1. The van der Waals surface area contributed by atoms with Gasteiger partial charge in [0.2, 0.25) is 5.88 Å². The van der Waals surface area contributed by atoms with Crippen LogP contribution in [0.3, 0.4) is 0 Å². The summed E-state index contributed by atoms with van der Waals surface area (Å²) in [6.45, 7) is 2.84. The molecule has 24 heavy (non-hydrogen) atoms. The maximum absolute atomic E-state index is 6.05. The van der Waals surface area contributed by atoms with Crippen LogP contribution in [0.5, 0.6) is 5.88 Å². The molecule has 0 amide bonds. The zero-order chi connectivity index (χ0) is 15.8. The minimum atomic E-state index is 0. The molecule has 2 bridgehead atoms. The van der Waals surface area contributed by atoms with Crippen LogP contribution in [0.15, 0.2) is 23.3 Å². The highest BCUT2D eigenvalue weighted by Crippen LogP contribution is 2.47. The molecule has 4 rings (SSSR count). The fraction of sp³-hybridized carbons (Fsp3) is 0.647. The number of guanidine groups is 1. The molecule has 0 spiro atoms. The van der Waals surface area contributed by atoms with Crippen LogP contribution in [0.1, 0.15) is 18.4 Å². The second-order valence-corrected chi connectivity index (χ2v) is 6.63. The molecule has 3 aliphatic heterocycles. The van der Waals surface area contributed by atoms with E-state index in [0.717, 1.165) is 31.2 Å². The quantitative estimate of drug-likeness (QED) is 0.439. The Balaban J connectivity index is 0.00000169. The molecule has 0 aliphatic carbocycles. The van der Waals surface area contributed by atoms with Gasteiger partial charge in [-0.25, -0.2) is 4.98 Å². The molecule has 4 atom stereocenters. The number of aromatic nitrogens is 1. The van der Waals surface area contributed by atoms with Crippen molar-refractivity contribution in [3.8, 4) is 5.88 Å². The van der Waals surface area contributed by atoms with E-state index in [0.29, 0.717) is 29.9 Å². The van der Waals surface area contributed by atoms with Gasteiger partial charge in [0, 0.05) is 50.8 Å². The van der Waals surface area contributed by atoms with E-state index in [2.05, 4.69) is 20.2 Å². The van der Waals surface area contributed by atoms with Crippen LogP contribution in [0.2, 0.25) is 0 Å². The highest BCUT2D eigenvalue weighted by atomic mass is 127. The summed E-state index contributed by atoms with van der Waals surface area (Å²) in [5.41, 5.74) is 1.14. The van der Waals surface area contributed by atoms with Gasteiger partial charge < -0.3 is 19.7 Å². The Morgan fingerprint density at radius 2 is 2.08 bits per heavy atom. The zero-order valence-corrected chi connectivity index (χ0v) is 16.5. The highest BCUT2D eigenvalue weighted by molar-refractivity contribution is 14.0. The summed E-state index contributed by atoms with van der Waals surface area (Å²) in [6, 6.07) is 3.95. The van der Waals surface area contributed by atoms with E-state index in [-0.39, 0.29) is 24.0 Å². The molecule has 0 saturated carbocycles. The number of methoxy groups -OCH3 is 1. The molecule has 1 aromatic heterocycles. The number of nitrogens with one attached hydrogen (secondary N) is 1. The van der Waals surface area contributed by atoms with Crippen LogP contribution in [0.25, 0.3) is 0 Å². The summed E-state index contributed by atoms with van der Waals surface area (Å²) >= 11 is 0. The van der Waals surface area contributed by atoms with E-state index >= 15 is 0 Å². The number of hydrogen-bond acceptors (Lipinski definition) is 4. The van der Waals surface area contributed by atoms with Crippen molar-refractivity contribution in [1.82, 2.24) is 15.2 Å². The van der Waals surface area contributed by atoms with Crippen molar-refractivity contribution >= 4 is 29.9 Å². The molecule has 3 aliphatic rings. The lowest BCUT2D eigenvalue weighted by atomic mass is 9.82. The minimum Gasteiger partial charge on any atom is -0.481 e. The average molecular weight is 444 g/mol. The fourth-order valence-electron chi connectivity index (χ4n) is 4.32. The first-order chi connectivity index (χ1) is 11.3. The van der Waals surface area contributed by atoms with Gasteiger partial charge in [0.1, 0.15) is 0 Å². The maximum Gasteiger partial charge on any atom is 0.213 e. The molecule has 0 radical (unpaired) electrons. The molecule has 132 valence electrons. The van der Waals surface area contributed by atoms with Gasteiger partial charge in [-0.3, -0.25) is 4.99 Å². The summed E-state index contributed by atoms with van der Waals surface area (Å²) in [7, 11) is 3.49. The minimum absolute atomic E-state index is 0. The first-order valence-electron chi connectivity index (χ1n) is 8.38. The Bertz CT molecular complexity index is 594. The normalized spacial score (nSPS) is 30.9. The predicted molar refractivity (Wildman–Crippen MR) is 103 cm³/mol. The van der Waals surface area contributed by atoms with Crippen LogP contribution < -0.4 is 10.1 Å². The Morgan fingerprint density at radius 1 is 1.38 bits per heavy atom. The number of halogens is 1. The molecule has 3 fully saturated rings. The molecule has 1 aromatic rings. The lowest BCUT2D eigenvalue weighted by Gasteiger charge is -2.23. The Morgan fingerprint density at radius 3 is 2.71 bits per heavy atom. The lowest BCUT2D eigenvalue weighted by Crippen LogP contribution is -2.41. The number of pyridine rings is 1. The maximum atomic E-state index is 6.05. The molecule has 0 aromatic carbocycles. The topological polar surface area (TPSA) is 59.0 Å². The monoisotopic (exact) mass is 444 g/mol. The molecule has 3 saturated heterocycles. The average Bonchev–Trinajstić information content (AvgIpc) is 3.28. The molecule has 7 heteroatoms. The number of fused-ring (bicyclic) bond motifs is 5. The summed E-state index contributed by atoms with van der Waals surface area (Å²) in [6.07, 6.45) is 5.22. The lowest BCUT2D eigenvalue weighted by molar-refractivity contribution is 0.0767. The van der Waals surface area contributed by atoms with Crippen molar-refractivity contribution in [2.45, 2.75) is 31.6 Å². The fourth-order valence-corrected chi connectivity index (χ4v) is 4.32. The van der Waals surface area contributed by atoms with Gasteiger partial charge in [-0.15, -0.1) is 24.0 Å². The van der Waals surface area contributed by atoms with Crippen LogP contribution in [0.4, 0.5) is 0 Å². The Hall–Kier alpha value is -1.09. The van der Waals surface area contributed by atoms with Gasteiger partial charge in [-0.05, 0) is 24.5 Å². The van der Waals surface area contributed by atoms with Crippen LogP contribution >= 0.6 is 24.0 Å². The third kappa shape index (κ3) is 3.20. The first-order valence-corrected chi connectivity index (χ1v) is 8.38. The van der Waals surface area contributed by atoms with E-state index in [1.165, 1.54) is 12.8 Å². The van der Waals surface area contributed by atoms with Crippen molar-refractivity contribution in [2.75, 3.05) is 27.2 Å². The number of nitrogens with zero attached hydrogens (tertiary/aromatic N) is 3. The van der Waals surface area contributed by atoms with Crippen LogP contribution in [-0.2, 0) is 11.3 Å². The van der Waals surface area contributed by atoms with Gasteiger partial charge in [-0.1, -0.05) is 0 Å². The molecule has 4 heterocycles. The highest BCUT2D eigenvalue weighted by Gasteiger charge is 2.53. The Labute approximate surface area is 160 Å². The smallest absolute Gasteiger partial charge is 0.213 e. The van der Waals surface area contributed by atoms with Gasteiger partial charge >= 0.3 is 0 Å². The van der Waals surface area contributed by atoms with Crippen LogP contribution in [0, 0.1) is 11.8 Å². The first kappa shape index (κ1) is 17.7. The number of hydrogen-bond donors (Lipinski definition) is 1. The van der Waals surface area contributed by atoms with E-state index in [1.54, 1.807) is 13.3 Å². The van der Waals surface area contributed by atoms with Crippen molar-refractivity contribution in [2.24, 2.45) is 16.8 Å². The summed E-state index contributed by atoms with van der Waals surface area (Å²) in [5.74, 6) is 3.00. The van der Waals surface area contributed by atoms with Crippen molar-refractivity contribution in [3.63, 3.8) is 0 Å². The van der Waals surface area contributed by atoms with Crippen molar-refractivity contribution in [3.05, 3.63) is 23.9 Å². The third-order valence-electron chi connectivity index (χ3n) is 5.42. The van der Waals surface area contributed by atoms with Crippen LogP contribution in [-0.4, -0.2) is 55.3 Å². The second kappa shape index (κ2) is 7.43. The molecular weight excluding hydrogens is 419 g/mol. The van der Waals surface area contributed by atoms with Gasteiger partial charge in [0.25, 0.3) is 0 Å². The largest absolute Gasteiger partial charge is 0.481 e. The SMILES string of the molecule is CN=C(NCc1ccnc(OC)c1)N1CC2C3CCC(O3)C2C1.I. The molecule has 6 nitrogen and oxygen atoms in total. The number of rotatable bonds is 3. The van der Waals surface area contributed by atoms with Gasteiger partial charge in [-0.2, -0.15) is 0 Å². The number of likely N-dealkylation sites (tertiary alicyclic amines) is 1. The van der Waals surface area contributed by atoms with E-state index in [9.17, 15) is 0 Å². The summed E-state index contributed by atoms with van der Waals surface area (Å²) < 4.78 is 11.2. The number of ether oxygens (including phenoxy) is 2. The van der Waals surface area contributed by atoms with Gasteiger partial charge in [0.15, 0.2) is 5.96 Å². The van der Waals surface area contributed by atoms with E-state index in [1.807, 2.05) is 19.2 Å².